The van der Waals surface area contributed by atoms with Crippen molar-refractivity contribution in [1.29, 1.82) is 0 Å². The average Bonchev–Trinajstić information content (AvgIpc) is 3.21. The number of nitrogens with zero attached hydrogens (tertiary/aromatic N) is 2. The highest BCUT2D eigenvalue weighted by Crippen LogP contribution is 2.25. The fourth-order valence-electron chi connectivity index (χ4n) is 2.03. The molecule has 0 atom stereocenters. The highest BCUT2D eigenvalue weighted by atomic mass is 35.5. The first-order valence-electron chi connectivity index (χ1n) is 7.03. The summed E-state index contributed by atoms with van der Waals surface area (Å²) in [6.45, 7) is 0.573. The van der Waals surface area contributed by atoms with E-state index in [4.69, 9.17) is 27.6 Å². The summed E-state index contributed by atoms with van der Waals surface area (Å²) in [4.78, 5) is 16.3. The molecule has 124 valence electrons. The van der Waals surface area contributed by atoms with Crippen LogP contribution in [-0.4, -0.2) is 21.2 Å². The third kappa shape index (κ3) is 4.35. The number of anilines is 1. The lowest BCUT2D eigenvalue weighted by Gasteiger charge is -2.07. The van der Waals surface area contributed by atoms with E-state index >= 15 is 0 Å². The molecule has 5 nitrogen and oxygen atoms in total. The van der Waals surface area contributed by atoms with Gasteiger partial charge in [0, 0.05) is 18.1 Å². The summed E-state index contributed by atoms with van der Waals surface area (Å²) in [7, 11) is 0. The summed E-state index contributed by atoms with van der Waals surface area (Å²) in [5.74, 6) is 0.913. The molecule has 0 aliphatic carbocycles. The summed E-state index contributed by atoms with van der Waals surface area (Å²) >= 11 is 13.1. The number of carbonyl (C=O) groups excluding carboxylic acids is 1. The number of carbonyl (C=O) groups is 1. The topological polar surface area (TPSA) is 60.1 Å². The third-order valence-electron chi connectivity index (χ3n) is 3.12. The van der Waals surface area contributed by atoms with Gasteiger partial charge in [0.05, 0.1) is 28.6 Å². The summed E-state index contributed by atoms with van der Waals surface area (Å²) in [6.07, 6.45) is 5.17. The van der Waals surface area contributed by atoms with Gasteiger partial charge in [0.25, 0.3) is 0 Å². The average molecular weight is 382 g/mol. The van der Waals surface area contributed by atoms with Gasteiger partial charge in [-0.05, 0) is 30.3 Å². The number of hydrogen-bond acceptors (Lipinski definition) is 4. The molecule has 3 aromatic rings. The Morgan fingerprint density at radius 2 is 2.17 bits per heavy atom. The van der Waals surface area contributed by atoms with Crippen LogP contribution in [0.4, 0.5) is 5.69 Å². The molecule has 0 bridgehead atoms. The summed E-state index contributed by atoms with van der Waals surface area (Å²) < 4.78 is 7.25. The van der Waals surface area contributed by atoms with Gasteiger partial charge < -0.3 is 14.3 Å². The molecular formula is C16H13Cl2N3O2S. The third-order valence-corrected chi connectivity index (χ3v) is 4.86. The van der Waals surface area contributed by atoms with Gasteiger partial charge in [-0.15, -0.1) is 0 Å². The summed E-state index contributed by atoms with van der Waals surface area (Å²) in [5.41, 5.74) is 0.605. The molecule has 0 fully saturated rings. The number of hydrogen-bond donors (Lipinski definition) is 1. The van der Waals surface area contributed by atoms with Crippen LogP contribution >= 0.6 is 35.0 Å². The fourth-order valence-corrected chi connectivity index (χ4v) is 3.08. The van der Waals surface area contributed by atoms with Crippen LogP contribution in [0.25, 0.3) is 0 Å². The number of furan rings is 1. The van der Waals surface area contributed by atoms with Crippen molar-refractivity contribution in [3.8, 4) is 0 Å². The van der Waals surface area contributed by atoms with Crippen LogP contribution in [0, 0.1) is 0 Å². The SMILES string of the molecule is O=C(CSc1nccn1Cc1ccco1)Nc1ccc(Cl)c(Cl)c1. The van der Waals surface area contributed by atoms with E-state index in [1.807, 2.05) is 22.9 Å². The first kappa shape index (κ1) is 17.0. The van der Waals surface area contributed by atoms with Crippen molar-refractivity contribution in [1.82, 2.24) is 9.55 Å². The molecule has 2 aromatic heterocycles. The second kappa shape index (κ2) is 7.79. The molecule has 0 unspecified atom stereocenters. The lowest BCUT2D eigenvalue weighted by molar-refractivity contribution is -0.113. The molecule has 3 rings (SSSR count). The van der Waals surface area contributed by atoms with E-state index in [0.29, 0.717) is 22.3 Å². The maximum absolute atomic E-state index is 12.1. The Bertz CT molecular complexity index is 834. The molecule has 0 aliphatic heterocycles. The van der Waals surface area contributed by atoms with E-state index in [-0.39, 0.29) is 11.7 Å². The van der Waals surface area contributed by atoms with Crippen molar-refractivity contribution in [2.45, 2.75) is 11.7 Å². The largest absolute Gasteiger partial charge is 0.467 e. The van der Waals surface area contributed by atoms with E-state index in [9.17, 15) is 4.79 Å². The minimum absolute atomic E-state index is 0.147. The van der Waals surface area contributed by atoms with Crippen LogP contribution in [-0.2, 0) is 11.3 Å². The summed E-state index contributed by atoms with van der Waals surface area (Å²) in [5, 5.41) is 4.37. The van der Waals surface area contributed by atoms with Crippen molar-refractivity contribution in [3.63, 3.8) is 0 Å². The number of rotatable bonds is 6. The van der Waals surface area contributed by atoms with Gasteiger partial charge in [-0.2, -0.15) is 0 Å². The number of nitrogens with one attached hydrogen (secondary N) is 1. The Kier molecular flexibility index (Phi) is 5.50. The number of amides is 1. The van der Waals surface area contributed by atoms with Crippen LogP contribution in [0.3, 0.4) is 0 Å². The highest BCUT2D eigenvalue weighted by Gasteiger charge is 2.10. The Hall–Kier alpha value is -1.89. The molecule has 0 spiro atoms. The number of benzene rings is 1. The molecule has 24 heavy (non-hydrogen) atoms. The summed E-state index contributed by atoms with van der Waals surface area (Å²) in [6, 6.07) is 8.69. The zero-order valence-electron chi connectivity index (χ0n) is 12.4. The van der Waals surface area contributed by atoms with E-state index in [0.717, 1.165) is 10.9 Å². The molecule has 0 radical (unpaired) electrons. The van der Waals surface area contributed by atoms with Crippen molar-refractivity contribution >= 4 is 46.6 Å². The minimum Gasteiger partial charge on any atom is -0.467 e. The number of aromatic nitrogens is 2. The first-order chi connectivity index (χ1) is 11.6. The van der Waals surface area contributed by atoms with Crippen LogP contribution in [0.2, 0.25) is 10.0 Å². The minimum atomic E-state index is -0.147. The maximum atomic E-state index is 12.1. The Labute approximate surface area is 153 Å². The molecule has 8 heteroatoms. The standard InChI is InChI=1S/C16H13Cl2N3O2S/c17-13-4-3-11(8-14(13)18)20-15(22)10-24-16-19-5-6-21(16)9-12-2-1-7-23-12/h1-8H,9-10H2,(H,20,22). The smallest absolute Gasteiger partial charge is 0.234 e. The second-order valence-corrected chi connectivity index (χ2v) is 6.64. The normalized spacial score (nSPS) is 10.8. The van der Waals surface area contributed by atoms with E-state index in [2.05, 4.69) is 10.3 Å². The van der Waals surface area contributed by atoms with Crippen LogP contribution < -0.4 is 5.32 Å². The van der Waals surface area contributed by atoms with Gasteiger partial charge in [0.1, 0.15) is 5.76 Å². The maximum Gasteiger partial charge on any atom is 0.234 e. The molecule has 2 heterocycles. The van der Waals surface area contributed by atoms with Gasteiger partial charge in [-0.25, -0.2) is 4.98 Å². The van der Waals surface area contributed by atoms with Crippen LogP contribution in [0.15, 0.2) is 58.6 Å². The Morgan fingerprint density at radius 3 is 2.92 bits per heavy atom. The molecule has 1 amide bonds. The van der Waals surface area contributed by atoms with Crippen molar-refractivity contribution < 1.29 is 9.21 Å². The molecule has 1 aromatic carbocycles. The number of imidazole rings is 1. The molecular weight excluding hydrogens is 369 g/mol. The monoisotopic (exact) mass is 381 g/mol. The highest BCUT2D eigenvalue weighted by molar-refractivity contribution is 7.99. The quantitative estimate of drug-likeness (QED) is 0.635. The molecule has 0 saturated carbocycles. The van der Waals surface area contributed by atoms with Gasteiger partial charge >= 0.3 is 0 Å². The van der Waals surface area contributed by atoms with Crippen LogP contribution in [0.1, 0.15) is 5.76 Å². The predicted octanol–water partition coefficient (Wildman–Crippen LogP) is 4.56. The zero-order valence-corrected chi connectivity index (χ0v) is 14.7. The lowest BCUT2D eigenvalue weighted by atomic mass is 10.3. The lowest BCUT2D eigenvalue weighted by Crippen LogP contribution is -2.14. The molecule has 1 N–H and O–H groups in total. The Morgan fingerprint density at radius 1 is 1.29 bits per heavy atom. The van der Waals surface area contributed by atoms with E-state index in [1.54, 1.807) is 30.7 Å². The van der Waals surface area contributed by atoms with Crippen LogP contribution in [0.5, 0.6) is 0 Å². The first-order valence-corrected chi connectivity index (χ1v) is 8.77. The van der Waals surface area contributed by atoms with Gasteiger partial charge in [0.2, 0.25) is 5.91 Å². The second-order valence-electron chi connectivity index (χ2n) is 4.88. The number of halogens is 2. The molecule has 0 saturated heterocycles. The van der Waals surface area contributed by atoms with Gasteiger partial charge in [-0.1, -0.05) is 35.0 Å². The van der Waals surface area contributed by atoms with Crippen molar-refractivity contribution in [3.05, 3.63) is 64.8 Å². The van der Waals surface area contributed by atoms with Crippen molar-refractivity contribution in [2.75, 3.05) is 11.1 Å². The van der Waals surface area contributed by atoms with Gasteiger partial charge in [-0.3, -0.25) is 4.79 Å². The van der Waals surface area contributed by atoms with E-state index in [1.165, 1.54) is 11.8 Å². The van der Waals surface area contributed by atoms with E-state index < -0.39 is 0 Å². The fraction of sp³-hybridized carbons (Fsp3) is 0.125. The molecule has 0 aliphatic rings. The van der Waals surface area contributed by atoms with Gasteiger partial charge in [0.15, 0.2) is 5.16 Å². The predicted molar refractivity (Wildman–Crippen MR) is 95.9 cm³/mol. The Balaban J connectivity index is 1.56. The number of thioether (sulfide) groups is 1. The zero-order chi connectivity index (χ0) is 16.9. The van der Waals surface area contributed by atoms with Crippen molar-refractivity contribution in [2.24, 2.45) is 0 Å².